The summed E-state index contributed by atoms with van der Waals surface area (Å²) >= 11 is 0. The maximum atomic E-state index is 12.3. The second kappa shape index (κ2) is 7.23. The minimum Gasteiger partial charge on any atom is -0.478 e. The van der Waals surface area contributed by atoms with Gasteiger partial charge in [-0.25, -0.2) is 9.59 Å². The van der Waals surface area contributed by atoms with Crippen molar-refractivity contribution < 1.29 is 19.4 Å². The Morgan fingerprint density at radius 2 is 2.08 bits per heavy atom. The van der Waals surface area contributed by atoms with Crippen molar-refractivity contribution in [3.8, 4) is 6.01 Å². The Kier molecular flexibility index (Phi) is 4.85. The molecule has 10 heteroatoms. The van der Waals surface area contributed by atoms with Crippen LogP contribution in [-0.4, -0.2) is 50.9 Å². The first-order valence-corrected chi connectivity index (χ1v) is 7.70. The molecule has 0 saturated heterocycles. The molecular formula is C16H17N5O5. The highest BCUT2D eigenvalue weighted by Gasteiger charge is 2.17. The van der Waals surface area contributed by atoms with Gasteiger partial charge in [0.2, 0.25) is 0 Å². The van der Waals surface area contributed by atoms with Gasteiger partial charge in [-0.2, -0.15) is 9.97 Å². The third-order valence-electron chi connectivity index (χ3n) is 3.72. The van der Waals surface area contributed by atoms with E-state index in [1.165, 1.54) is 17.7 Å². The second-order valence-corrected chi connectivity index (χ2v) is 5.41. The van der Waals surface area contributed by atoms with E-state index in [-0.39, 0.29) is 41.7 Å². The van der Waals surface area contributed by atoms with Crippen molar-refractivity contribution in [1.82, 2.24) is 19.5 Å². The lowest BCUT2D eigenvalue weighted by Crippen LogP contribution is -2.19. The number of carboxylic acids is 1. The summed E-state index contributed by atoms with van der Waals surface area (Å²) in [4.78, 5) is 34.5. The van der Waals surface area contributed by atoms with Crippen LogP contribution in [0.15, 0.2) is 29.1 Å². The van der Waals surface area contributed by atoms with Gasteiger partial charge in [-0.1, -0.05) is 18.2 Å². The summed E-state index contributed by atoms with van der Waals surface area (Å²) in [5.74, 6) is -1.02. The van der Waals surface area contributed by atoms with Gasteiger partial charge in [0.15, 0.2) is 11.5 Å². The van der Waals surface area contributed by atoms with Crippen molar-refractivity contribution in [3.05, 3.63) is 45.9 Å². The van der Waals surface area contributed by atoms with Gasteiger partial charge < -0.3 is 25.3 Å². The van der Waals surface area contributed by atoms with Crippen LogP contribution in [0.25, 0.3) is 11.2 Å². The number of nitrogens with one attached hydrogen (secondary N) is 1. The predicted molar refractivity (Wildman–Crippen MR) is 92.4 cm³/mol. The molecule has 0 unspecified atom stereocenters. The normalized spacial score (nSPS) is 11.0. The number of rotatable bonds is 7. The fraction of sp³-hybridized carbons (Fsp3) is 0.250. The van der Waals surface area contributed by atoms with E-state index in [2.05, 4.69) is 15.0 Å². The largest absolute Gasteiger partial charge is 0.478 e. The van der Waals surface area contributed by atoms with E-state index in [9.17, 15) is 14.7 Å². The lowest BCUT2D eigenvalue weighted by Gasteiger charge is -2.08. The molecule has 2 heterocycles. The molecule has 0 aliphatic heterocycles. The number of carbonyl (C=O) groups is 1. The van der Waals surface area contributed by atoms with Crippen LogP contribution in [0.5, 0.6) is 6.01 Å². The van der Waals surface area contributed by atoms with Crippen molar-refractivity contribution in [2.24, 2.45) is 0 Å². The highest BCUT2D eigenvalue weighted by molar-refractivity contribution is 5.89. The summed E-state index contributed by atoms with van der Waals surface area (Å²) < 4.78 is 11.5. The van der Waals surface area contributed by atoms with Crippen LogP contribution in [0.4, 0.5) is 5.82 Å². The van der Waals surface area contributed by atoms with Crippen LogP contribution in [0, 0.1) is 0 Å². The number of nitrogens with zero attached hydrogens (tertiary/aromatic N) is 3. The van der Waals surface area contributed by atoms with E-state index in [4.69, 9.17) is 15.2 Å². The number of methoxy groups -OCH3 is 1. The summed E-state index contributed by atoms with van der Waals surface area (Å²) in [5.41, 5.74) is 6.46. The van der Waals surface area contributed by atoms with Crippen molar-refractivity contribution in [2.45, 2.75) is 6.54 Å². The molecule has 0 aliphatic rings. The first-order chi connectivity index (χ1) is 12.5. The van der Waals surface area contributed by atoms with Gasteiger partial charge >= 0.3 is 17.7 Å². The molecule has 0 atom stereocenters. The van der Waals surface area contributed by atoms with E-state index in [0.717, 1.165) is 0 Å². The number of anilines is 1. The second-order valence-electron chi connectivity index (χ2n) is 5.41. The molecule has 3 aromatic rings. The summed E-state index contributed by atoms with van der Waals surface area (Å²) in [7, 11) is 1.53. The lowest BCUT2D eigenvalue weighted by atomic mass is 10.1. The molecule has 10 nitrogen and oxygen atoms in total. The number of nitrogens with two attached hydrogens (primary N) is 1. The van der Waals surface area contributed by atoms with Gasteiger partial charge in [-0.15, -0.1) is 0 Å². The standard InChI is InChI=1S/C16H17N5O5/c1-25-6-7-26-15-19-12(17)11-13(20-15)21(16(24)18-11)8-9-4-2-3-5-10(9)14(22)23/h2-5H,6-8H2,1H3,(H,18,24)(H,22,23)(H2,17,19,20). The van der Waals surface area contributed by atoms with Gasteiger partial charge in [0, 0.05) is 7.11 Å². The molecule has 0 bridgehead atoms. The summed E-state index contributed by atoms with van der Waals surface area (Å²) in [6.07, 6.45) is 0. The molecule has 2 aromatic heterocycles. The van der Waals surface area contributed by atoms with Gasteiger partial charge in [-0.3, -0.25) is 4.57 Å². The van der Waals surface area contributed by atoms with Gasteiger partial charge in [0.1, 0.15) is 12.1 Å². The van der Waals surface area contributed by atoms with Crippen LogP contribution in [0.2, 0.25) is 0 Å². The quantitative estimate of drug-likeness (QED) is 0.516. The number of benzene rings is 1. The number of aromatic carboxylic acids is 1. The third-order valence-corrected chi connectivity index (χ3v) is 3.72. The van der Waals surface area contributed by atoms with Crippen LogP contribution < -0.4 is 16.2 Å². The average Bonchev–Trinajstić information content (AvgIpc) is 2.92. The number of H-pyrrole nitrogens is 1. The predicted octanol–water partition coefficient (Wildman–Crippen LogP) is 0.474. The zero-order valence-corrected chi connectivity index (χ0v) is 13.9. The summed E-state index contributed by atoms with van der Waals surface area (Å²) in [6.45, 7) is 0.570. The number of fused-ring (bicyclic) bond motifs is 1. The van der Waals surface area contributed by atoms with Crippen LogP contribution >= 0.6 is 0 Å². The zero-order valence-electron chi connectivity index (χ0n) is 13.9. The highest BCUT2D eigenvalue weighted by Crippen LogP contribution is 2.19. The van der Waals surface area contributed by atoms with Gasteiger partial charge in [0.25, 0.3) is 0 Å². The number of hydrogen-bond donors (Lipinski definition) is 3. The maximum Gasteiger partial charge on any atom is 0.336 e. The molecule has 1 aromatic carbocycles. The Hall–Kier alpha value is -3.40. The Morgan fingerprint density at radius 1 is 1.31 bits per heavy atom. The van der Waals surface area contributed by atoms with Gasteiger partial charge in [0.05, 0.1) is 18.7 Å². The summed E-state index contributed by atoms with van der Waals surface area (Å²) in [5, 5.41) is 9.31. The van der Waals surface area contributed by atoms with Crippen molar-refractivity contribution in [3.63, 3.8) is 0 Å². The first kappa shape index (κ1) is 17.4. The van der Waals surface area contributed by atoms with Crippen LogP contribution in [0.1, 0.15) is 15.9 Å². The highest BCUT2D eigenvalue weighted by atomic mass is 16.5. The Labute approximate surface area is 147 Å². The monoisotopic (exact) mass is 359 g/mol. The minimum absolute atomic E-state index is 0.00585. The molecule has 136 valence electrons. The Balaban J connectivity index is 2.04. The molecule has 4 N–H and O–H groups in total. The molecule has 0 saturated carbocycles. The lowest BCUT2D eigenvalue weighted by molar-refractivity contribution is 0.0695. The Bertz CT molecular complexity index is 1010. The maximum absolute atomic E-state index is 12.3. The van der Waals surface area contributed by atoms with E-state index < -0.39 is 11.7 Å². The minimum atomic E-state index is -1.08. The number of carboxylic acid groups (broad SMARTS) is 1. The van der Waals surface area contributed by atoms with Crippen LogP contribution in [-0.2, 0) is 11.3 Å². The SMILES string of the molecule is COCCOc1nc(N)c2[nH]c(=O)n(Cc3ccccc3C(=O)O)c2n1. The molecule has 26 heavy (non-hydrogen) atoms. The number of hydrogen-bond acceptors (Lipinski definition) is 7. The van der Waals surface area contributed by atoms with E-state index in [0.29, 0.717) is 12.2 Å². The van der Waals surface area contributed by atoms with Crippen LogP contribution in [0.3, 0.4) is 0 Å². The molecule has 3 rings (SSSR count). The van der Waals surface area contributed by atoms with E-state index in [1.807, 2.05) is 0 Å². The smallest absolute Gasteiger partial charge is 0.336 e. The third kappa shape index (κ3) is 3.35. The number of aromatic amines is 1. The molecular weight excluding hydrogens is 342 g/mol. The van der Waals surface area contributed by atoms with E-state index in [1.54, 1.807) is 18.2 Å². The number of imidazole rings is 1. The van der Waals surface area contributed by atoms with Crippen molar-refractivity contribution >= 4 is 23.0 Å². The number of ether oxygens (including phenoxy) is 2. The summed E-state index contributed by atoms with van der Waals surface area (Å²) in [6, 6.07) is 6.43. The van der Waals surface area contributed by atoms with Crippen molar-refractivity contribution in [1.29, 1.82) is 0 Å². The molecule has 0 amide bonds. The molecule has 0 spiro atoms. The molecule has 0 fully saturated rings. The topological polar surface area (TPSA) is 145 Å². The Morgan fingerprint density at radius 3 is 2.81 bits per heavy atom. The van der Waals surface area contributed by atoms with E-state index >= 15 is 0 Å². The fourth-order valence-corrected chi connectivity index (χ4v) is 2.50. The first-order valence-electron chi connectivity index (χ1n) is 7.70. The molecule has 0 aliphatic carbocycles. The van der Waals surface area contributed by atoms with Gasteiger partial charge in [-0.05, 0) is 11.6 Å². The fourth-order valence-electron chi connectivity index (χ4n) is 2.50. The molecule has 0 radical (unpaired) electrons. The average molecular weight is 359 g/mol. The number of nitrogen functional groups attached to an aromatic ring is 1. The van der Waals surface area contributed by atoms with Crippen molar-refractivity contribution in [2.75, 3.05) is 26.1 Å². The zero-order chi connectivity index (χ0) is 18.7. The number of aromatic nitrogens is 4.